The zero-order valence-electron chi connectivity index (χ0n) is 23.6. The van der Waals surface area contributed by atoms with Gasteiger partial charge in [-0.2, -0.15) is 0 Å². The Hall–Kier alpha value is -6.00. The van der Waals surface area contributed by atoms with E-state index in [1.165, 1.54) is 21.8 Å². The summed E-state index contributed by atoms with van der Waals surface area (Å²) in [5.74, 6) is 0. The maximum Gasteiger partial charge on any atom is 0.216 e. The predicted octanol–water partition coefficient (Wildman–Crippen LogP) is 11.0. The van der Waals surface area contributed by atoms with Crippen molar-refractivity contribution in [3.05, 3.63) is 146 Å². The molecule has 10 aromatic rings. The molecule has 44 heavy (non-hydrogen) atoms. The second-order valence-corrected chi connectivity index (χ2v) is 11.4. The Morgan fingerprint density at radius 1 is 0.364 bits per heavy atom. The summed E-state index contributed by atoms with van der Waals surface area (Å²) in [7, 11) is 0. The minimum absolute atomic E-state index is 0.796. The lowest BCUT2D eigenvalue weighted by Gasteiger charge is -2.09. The average Bonchev–Trinajstić information content (AvgIpc) is 3.81. The van der Waals surface area contributed by atoms with Crippen molar-refractivity contribution in [2.24, 2.45) is 0 Å². The Kier molecular flexibility index (Phi) is 4.69. The molecule has 4 nitrogen and oxygen atoms in total. The van der Waals surface area contributed by atoms with Gasteiger partial charge in [-0.1, -0.05) is 91.0 Å². The normalized spacial score (nSPS) is 12.1. The zero-order chi connectivity index (χ0) is 28.8. The number of aromatic nitrogens is 2. The monoisotopic (exact) mass is 564 g/mol. The minimum atomic E-state index is 0.796. The number of para-hydroxylation sites is 4. The number of fused-ring (bicyclic) bond motifs is 10. The van der Waals surface area contributed by atoms with Crippen LogP contribution in [0.15, 0.2) is 154 Å². The highest BCUT2D eigenvalue weighted by atomic mass is 16.4. The van der Waals surface area contributed by atoms with E-state index in [2.05, 4.69) is 130 Å². The van der Waals surface area contributed by atoms with Gasteiger partial charge >= 0.3 is 0 Å². The molecule has 4 aromatic heterocycles. The highest BCUT2D eigenvalue weighted by molar-refractivity contribution is 6.26. The summed E-state index contributed by atoms with van der Waals surface area (Å²) in [6.45, 7) is 0. The van der Waals surface area contributed by atoms with Crippen LogP contribution in [0, 0.1) is 0 Å². The van der Waals surface area contributed by atoms with Gasteiger partial charge < -0.3 is 13.4 Å². The van der Waals surface area contributed by atoms with Crippen LogP contribution in [-0.2, 0) is 0 Å². The Morgan fingerprint density at radius 3 is 1.66 bits per heavy atom. The molecule has 0 bridgehead atoms. The van der Waals surface area contributed by atoms with Crippen LogP contribution in [0.25, 0.3) is 88.4 Å². The van der Waals surface area contributed by atoms with Crippen molar-refractivity contribution in [1.82, 2.24) is 9.13 Å². The first-order valence-electron chi connectivity index (χ1n) is 14.9. The summed E-state index contributed by atoms with van der Waals surface area (Å²) in [6, 6.07) is 51.2. The van der Waals surface area contributed by atoms with Crippen molar-refractivity contribution in [1.29, 1.82) is 0 Å². The number of hydrogen-bond donors (Lipinski definition) is 0. The molecule has 4 heterocycles. The van der Waals surface area contributed by atoms with Crippen LogP contribution in [0.1, 0.15) is 0 Å². The first-order chi connectivity index (χ1) is 21.8. The van der Waals surface area contributed by atoms with Crippen molar-refractivity contribution in [2.75, 3.05) is 0 Å². The summed E-state index contributed by atoms with van der Waals surface area (Å²) >= 11 is 0. The van der Waals surface area contributed by atoms with Gasteiger partial charge in [-0.05, 0) is 65.7 Å². The third kappa shape index (κ3) is 3.17. The van der Waals surface area contributed by atoms with E-state index in [0.29, 0.717) is 0 Å². The summed E-state index contributed by atoms with van der Waals surface area (Å²) in [5, 5.41) is 6.82. The molecule has 4 heteroatoms. The third-order valence-electron chi connectivity index (χ3n) is 8.93. The standard InChI is InChI=1S/C40H24N2O2/c1-2-12-27(13-3-1)41-33-18-7-4-15-29(33)32-24-26(21-22-34(32)41)25-11-10-14-28(23-25)42-39-37(30-16-5-8-19-35(30)43-39)38-31-17-6-9-20-36(31)44-40(38)42/h1-24H. The molecular formula is C40H24N2O2. The van der Waals surface area contributed by atoms with Crippen molar-refractivity contribution in [2.45, 2.75) is 0 Å². The SMILES string of the molecule is c1ccc(-n2c3ccccc3c3cc(-c4cccc(-n5c6oc7ccccc7c6c6c7ccccc7oc65)c4)ccc32)cc1. The molecule has 0 radical (unpaired) electrons. The molecule has 0 N–H and O–H groups in total. The topological polar surface area (TPSA) is 36.1 Å². The van der Waals surface area contributed by atoms with Gasteiger partial charge in [-0.25, -0.2) is 4.57 Å². The van der Waals surface area contributed by atoms with Crippen LogP contribution in [0.2, 0.25) is 0 Å². The molecule has 0 aliphatic carbocycles. The first-order valence-corrected chi connectivity index (χ1v) is 14.9. The van der Waals surface area contributed by atoms with Crippen LogP contribution >= 0.6 is 0 Å². The Labute approximate surface area is 251 Å². The Bertz CT molecular complexity index is 2630. The Morgan fingerprint density at radius 2 is 0.932 bits per heavy atom. The maximum absolute atomic E-state index is 6.53. The van der Waals surface area contributed by atoms with E-state index in [4.69, 9.17) is 8.83 Å². The zero-order valence-corrected chi connectivity index (χ0v) is 23.6. The van der Waals surface area contributed by atoms with E-state index in [1.54, 1.807) is 0 Å². The highest BCUT2D eigenvalue weighted by Crippen LogP contribution is 2.44. The molecule has 0 spiro atoms. The molecule has 0 saturated carbocycles. The van der Waals surface area contributed by atoms with Crippen LogP contribution < -0.4 is 0 Å². The number of furan rings is 2. The van der Waals surface area contributed by atoms with Crippen molar-refractivity contribution >= 4 is 65.9 Å². The predicted molar refractivity (Wildman–Crippen MR) is 180 cm³/mol. The molecule has 0 aliphatic heterocycles. The van der Waals surface area contributed by atoms with Gasteiger partial charge in [0.1, 0.15) is 11.2 Å². The molecule has 0 amide bonds. The summed E-state index contributed by atoms with van der Waals surface area (Å²) in [6.07, 6.45) is 0. The highest BCUT2D eigenvalue weighted by Gasteiger charge is 2.24. The molecule has 206 valence electrons. The van der Waals surface area contributed by atoms with Crippen molar-refractivity contribution < 1.29 is 8.83 Å². The van der Waals surface area contributed by atoms with Crippen LogP contribution in [0.3, 0.4) is 0 Å². The van der Waals surface area contributed by atoms with Crippen LogP contribution in [0.5, 0.6) is 0 Å². The molecule has 0 aliphatic rings. The van der Waals surface area contributed by atoms with E-state index >= 15 is 0 Å². The molecule has 0 saturated heterocycles. The average molecular weight is 565 g/mol. The lowest BCUT2D eigenvalue weighted by molar-refractivity contribution is 0.615. The van der Waals surface area contributed by atoms with Gasteiger partial charge in [0, 0.05) is 27.2 Å². The second kappa shape index (κ2) is 8.76. The van der Waals surface area contributed by atoms with Crippen LogP contribution in [-0.4, -0.2) is 9.13 Å². The van der Waals surface area contributed by atoms with Gasteiger partial charge in [0.25, 0.3) is 0 Å². The fraction of sp³-hybridized carbons (Fsp3) is 0. The van der Waals surface area contributed by atoms with E-state index in [9.17, 15) is 0 Å². The molecule has 0 fully saturated rings. The molecule has 6 aromatic carbocycles. The summed E-state index contributed by atoms with van der Waals surface area (Å²) < 4.78 is 17.5. The van der Waals surface area contributed by atoms with Gasteiger partial charge in [-0.3, -0.25) is 0 Å². The van der Waals surface area contributed by atoms with Gasteiger partial charge in [0.15, 0.2) is 0 Å². The van der Waals surface area contributed by atoms with Crippen LogP contribution in [0.4, 0.5) is 0 Å². The Balaban J connectivity index is 1.21. The lowest BCUT2D eigenvalue weighted by Crippen LogP contribution is -1.94. The summed E-state index contributed by atoms with van der Waals surface area (Å²) in [5.41, 5.74) is 10.2. The van der Waals surface area contributed by atoms with E-state index < -0.39 is 0 Å². The van der Waals surface area contributed by atoms with E-state index in [0.717, 1.165) is 66.6 Å². The fourth-order valence-electron chi connectivity index (χ4n) is 7.02. The van der Waals surface area contributed by atoms with E-state index in [1.807, 2.05) is 24.3 Å². The lowest BCUT2D eigenvalue weighted by atomic mass is 10.0. The van der Waals surface area contributed by atoms with Gasteiger partial charge in [0.2, 0.25) is 11.4 Å². The first kappa shape index (κ1) is 23.6. The third-order valence-corrected chi connectivity index (χ3v) is 8.93. The van der Waals surface area contributed by atoms with Gasteiger partial charge in [0.05, 0.1) is 27.5 Å². The second-order valence-electron chi connectivity index (χ2n) is 11.4. The van der Waals surface area contributed by atoms with Crippen molar-refractivity contribution in [3.63, 3.8) is 0 Å². The number of benzene rings is 6. The molecule has 0 unspecified atom stereocenters. The largest absolute Gasteiger partial charge is 0.439 e. The minimum Gasteiger partial charge on any atom is -0.439 e. The van der Waals surface area contributed by atoms with E-state index in [-0.39, 0.29) is 0 Å². The number of rotatable bonds is 3. The molecule has 10 rings (SSSR count). The summed E-state index contributed by atoms with van der Waals surface area (Å²) in [4.78, 5) is 0. The molecular weight excluding hydrogens is 540 g/mol. The smallest absolute Gasteiger partial charge is 0.216 e. The number of hydrogen-bond acceptors (Lipinski definition) is 2. The fourth-order valence-corrected chi connectivity index (χ4v) is 7.02. The molecule has 0 atom stereocenters. The maximum atomic E-state index is 6.53. The van der Waals surface area contributed by atoms with Crippen molar-refractivity contribution in [3.8, 4) is 22.5 Å². The quantitative estimate of drug-likeness (QED) is 0.214. The number of nitrogens with zero attached hydrogens (tertiary/aromatic N) is 2. The van der Waals surface area contributed by atoms with Gasteiger partial charge in [-0.15, -0.1) is 0 Å².